The Morgan fingerprint density at radius 3 is 2.70 bits per heavy atom. The van der Waals surface area contributed by atoms with E-state index >= 15 is 0 Å². The second-order valence-electron chi connectivity index (χ2n) is 2.78. The van der Waals surface area contributed by atoms with E-state index in [1.165, 1.54) is 0 Å². The van der Waals surface area contributed by atoms with E-state index < -0.39 is 5.60 Å². The highest BCUT2D eigenvalue weighted by atomic mass is 16.3. The molecule has 0 amide bonds. The van der Waals surface area contributed by atoms with E-state index in [0.29, 0.717) is 5.82 Å². The molecule has 1 heterocycles. The Kier molecular flexibility index (Phi) is 0.922. The zero-order chi connectivity index (χ0) is 7.19. The molecule has 0 unspecified atom stereocenters. The van der Waals surface area contributed by atoms with E-state index in [-0.39, 0.29) is 0 Å². The van der Waals surface area contributed by atoms with Gasteiger partial charge >= 0.3 is 0 Å². The van der Waals surface area contributed by atoms with Crippen LogP contribution in [0.5, 0.6) is 0 Å². The van der Waals surface area contributed by atoms with Gasteiger partial charge in [0.1, 0.15) is 11.4 Å². The van der Waals surface area contributed by atoms with Gasteiger partial charge in [-0.3, -0.25) is 5.10 Å². The fourth-order valence-corrected chi connectivity index (χ4v) is 0.893. The highest BCUT2D eigenvalue weighted by Gasteiger charge is 2.45. The zero-order valence-electron chi connectivity index (χ0n) is 5.76. The molecule has 4 heteroatoms. The lowest BCUT2D eigenvalue weighted by Gasteiger charge is -1.97. The second kappa shape index (κ2) is 1.58. The molecule has 54 valence electrons. The van der Waals surface area contributed by atoms with E-state index in [2.05, 4.69) is 15.2 Å². The Bertz CT molecular complexity index is 251. The fraction of sp³-hybridized carbons (Fsp3) is 0.667. The number of nitrogens with one attached hydrogen (secondary N) is 1. The summed E-state index contributed by atoms with van der Waals surface area (Å²) >= 11 is 0. The first kappa shape index (κ1) is 5.85. The Morgan fingerprint density at radius 1 is 1.60 bits per heavy atom. The Morgan fingerprint density at radius 2 is 2.30 bits per heavy atom. The van der Waals surface area contributed by atoms with Gasteiger partial charge in [-0.1, -0.05) is 0 Å². The van der Waals surface area contributed by atoms with Crippen LogP contribution in [-0.2, 0) is 5.60 Å². The average molecular weight is 139 g/mol. The quantitative estimate of drug-likeness (QED) is 0.579. The summed E-state index contributed by atoms with van der Waals surface area (Å²) in [6.07, 6.45) is 1.59. The van der Waals surface area contributed by atoms with Gasteiger partial charge in [0, 0.05) is 0 Å². The first-order valence-electron chi connectivity index (χ1n) is 3.33. The first-order chi connectivity index (χ1) is 4.71. The van der Waals surface area contributed by atoms with E-state index in [1.54, 1.807) is 0 Å². The molecule has 0 radical (unpaired) electrons. The van der Waals surface area contributed by atoms with Gasteiger partial charge in [0.15, 0.2) is 5.82 Å². The van der Waals surface area contributed by atoms with Gasteiger partial charge in [0.05, 0.1) is 0 Å². The molecule has 2 N–H and O–H groups in total. The lowest BCUT2D eigenvalue weighted by Crippen LogP contribution is -2.06. The van der Waals surface area contributed by atoms with Gasteiger partial charge in [0.25, 0.3) is 0 Å². The van der Waals surface area contributed by atoms with Crippen molar-refractivity contribution in [3.63, 3.8) is 0 Å². The smallest absolute Gasteiger partial charge is 0.182 e. The van der Waals surface area contributed by atoms with Crippen LogP contribution in [0, 0.1) is 6.92 Å². The predicted octanol–water partition coefficient (Wildman–Crippen LogP) is 0.0945. The Labute approximate surface area is 58.3 Å². The molecule has 0 spiro atoms. The summed E-state index contributed by atoms with van der Waals surface area (Å²) in [4.78, 5) is 4.03. The molecule has 0 bridgehead atoms. The average Bonchev–Trinajstić information content (AvgIpc) is 2.45. The summed E-state index contributed by atoms with van der Waals surface area (Å²) in [5, 5.41) is 16.0. The summed E-state index contributed by atoms with van der Waals surface area (Å²) in [6.45, 7) is 1.82. The molecule has 1 aromatic heterocycles. The van der Waals surface area contributed by atoms with Crippen LogP contribution in [0.3, 0.4) is 0 Å². The summed E-state index contributed by atoms with van der Waals surface area (Å²) in [6, 6.07) is 0. The van der Waals surface area contributed by atoms with Crippen LogP contribution in [-0.4, -0.2) is 20.3 Å². The van der Waals surface area contributed by atoms with Crippen molar-refractivity contribution in [2.24, 2.45) is 0 Å². The number of aliphatic hydroxyl groups is 1. The fourth-order valence-electron chi connectivity index (χ4n) is 0.893. The van der Waals surface area contributed by atoms with Crippen molar-refractivity contribution in [3.05, 3.63) is 11.6 Å². The maximum Gasteiger partial charge on any atom is 0.182 e. The Balaban J connectivity index is 2.34. The number of aromatic amines is 1. The SMILES string of the molecule is Cc1nc(C2(O)CC2)n[nH]1. The van der Waals surface area contributed by atoms with Crippen LogP contribution >= 0.6 is 0 Å². The molecule has 1 fully saturated rings. The lowest BCUT2D eigenvalue weighted by molar-refractivity contribution is 0.141. The first-order valence-corrected chi connectivity index (χ1v) is 3.33. The highest BCUT2D eigenvalue weighted by Crippen LogP contribution is 2.43. The van der Waals surface area contributed by atoms with Crippen LogP contribution in [0.1, 0.15) is 24.5 Å². The van der Waals surface area contributed by atoms with Crippen LogP contribution < -0.4 is 0 Å². The van der Waals surface area contributed by atoms with Gasteiger partial charge in [-0.05, 0) is 19.8 Å². The van der Waals surface area contributed by atoms with Crippen molar-refractivity contribution in [2.75, 3.05) is 0 Å². The largest absolute Gasteiger partial charge is 0.382 e. The van der Waals surface area contributed by atoms with Crippen LogP contribution in [0.4, 0.5) is 0 Å². The Hall–Kier alpha value is -0.900. The van der Waals surface area contributed by atoms with Crippen molar-refractivity contribution < 1.29 is 5.11 Å². The van der Waals surface area contributed by atoms with Crippen molar-refractivity contribution in [2.45, 2.75) is 25.4 Å². The molecule has 10 heavy (non-hydrogen) atoms. The van der Waals surface area contributed by atoms with Crippen LogP contribution in [0.25, 0.3) is 0 Å². The van der Waals surface area contributed by atoms with Gasteiger partial charge < -0.3 is 5.11 Å². The molecular weight excluding hydrogens is 130 g/mol. The topological polar surface area (TPSA) is 61.8 Å². The van der Waals surface area contributed by atoms with E-state index in [0.717, 1.165) is 18.7 Å². The molecule has 2 rings (SSSR count). The minimum atomic E-state index is -0.690. The number of hydrogen-bond donors (Lipinski definition) is 2. The molecule has 0 atom stereocenters. The second-order valence-corrected chi connectivity index (χ2v) is 2.78. The predicted molar refractivity (Wildman–Crippen MR) is 34.3 cm³/mol. The maximum atomic E-state index is 9.47. The number of aromatic nitrogens is 3. The highest BCUT2D eigenvalue weighted by molar-refractivity contribution is 5.10. The molecule has 0 aromatic carbocycles. The molecule has 1 aliphatic rings. The zero-order valence-corrected chi connectivity index (χ0v) is 5.76. The summed E-state index contributed by atoms with van der Waals surface area (Å²) in [7, 11) is 0. The lowest BCUT2D eigenvalue weighted by atomic mass is 10.3. The monoisotopic (exact) mass is 139 g/mol. The molecule has 1 aliphatic carbocycles. The number of hydrogen-bond acceptors (Lipinski definition) is 3. The third kappa shape index (κ3) is 0.724. The molecular formula is C6H9N3O. The van der Waals surface area contributed by atoms with Crippen molar-refractivity contribution in [1.29, 1.82) is 0 Å². The summed E-state index contributed by atoms with van der Waals surface area (Å²) in [5.41, 5.74) is -0.690. The molecule has 0 aliphatic heterocycles. The van der Waals surface area contributed by atoms with E-state index in [1.807, 2.05) is 6.92 Å². The third-order valence-electron chi connectivity index (χ3n) is 1.74. The van der Waals surface area contributed by atoms with Gasteiger partial charge in [-0.25, -0.2) is 4.98 Å². The van der Waals surface area contributed by atoms with Crippen LogP contribution in [0.2, 0.25) is 0 Å². The van der Waals surface area contributed by atoms with Crippen molar-refractivity contribution in [3.8, 4) is 0 Å². The molecule has 4 nitrogen and oxygen atoms in total. The van der Waals surface area contributed by atoms with E-state index in [9.17, 15) is 5.11 Å². The number of aryl methyl sites for hydroxylation is 1. The minimum Gasteiger partial charge on any atom is -0.382 e. The van der Waals surface area contributed by atoms with Gasteiger partial charge in [-0.15, -0.1) is 0 Å². The van der Waals surface area contributed by atoms with Crippen LogP contribution in [0.15, 0.2) is 0 Å². The summed E-state index contributed by atoms with van der Waals surface area (Å²) < 4.78 is 0. The molecule has 1 saturated carbocycles. The molecule has 0 saturated heterocycles. The number of rotatable bonds is 1. The normalized spacial score (nSPS) is 21.0. The summed E-state index contributed by atoms with van der Waals surface area (Å²) in [5.74, 6) is 1.31. The maximum absolute atomic E-state index is 9.47. The van der Waals surface area contributed by atoms with E-state index in [4.69, 9.17) is 0 Å². The van der Waals surface area contributed by atoms with Crippen molar-refractivity contribution >= 4 is 0 Å². The standard InChI is InChI=1S/C6H9N3O/c1-4-7-5(9-8-4)6(10)2-3-6/h10H,2-3H2,1H3,(H,7,8,9). The number of H-pyrrole nitrogens is 1. The number of nitrogens with zero attached hydrogens (tertiary/aromatic N) is 2. The van der Waals surface area contributed by atoms with Crippen molar-refractivity contribution in [1.82, 2.24) is 15.2 Å². The third-order valence-corrected chi connectivity index (χ3v) is 1.74. The van der Waals surface area contributed by atoms with Gasteiger partial charge in [-0.2, -0.15) is 5.10 Å². The van der Waals surface area contributed by atoms with Gasteiger partial charge in [0.2, 0.25) is 0 Å². The minimum absolute atomic E-state index is 0.546. The molecule has 1 aromatic rings.